The lowest BCUT2D eigenvalue weighted by molar-refractivity contribution is 0.170. The van der Waals surface area contributed by atoms with E-state index in [2.05, 4.69) is 43.6 Å². The Kier molecular flexibility index (Phi) is 4.77. The summed E-state index contributed by atoms with van der Waals surface area (Å²) in [7, 11) is 0. The molecule has 2 N–H and O–H groups in total. The Balaban J connectivity index is 2.57. The van der Waals surface area contributed by atoms with Gasteiger partial charge in [0.2, 0.25) is 0 Å². The minimum atomic E-state index is -0.178. The van der Waals surface area contributed by atoms with E-state index in [9.17, 15) is 4.79 Å². The third-order valence-corrected chi connectivity index (χ3v) is 3.64. The van der Waals surface area contributed by atoms with E-state index in [0.29, 0.717) is 23.8 Å². The van der Waals surface area contributed by atoms with Crippen LogP contribution < -0.4 is 10.0 Å². The van der Waals surface area contributed by atoms with Crippen LogP contribution in [0.3, 0.4) is 0 Å². The molecule has 88 valence electrons. The van der Waals surface area contributed by atoms with Crippen molar-refractivity contribution in [1.29, 1.82) is 0 Å². The Morgan fingerprint density at radius 1 is 1.40 bits per heavy atom. The molecule has 15 heavy (non-hydrogen) atoms. The lowest BCUT2D eigenvalue weighted by atomic mass is 9.74. The molecule has 2 amide bonds. The second-order valence-corrected chi connectivity index (χ2v) is 5.24. The summed E-state index contributed by atoms with van der Waals surface area (Å²) in [6.07, 6.45) is 3.59. The standard InChI is InChI=1S/C11H22N2OS/c1-7(2)9-5-4-8(3)6-10(9)12-11(14)13-15/h7-10,15H,4-6H2,1-3H3,(H2,12,13,14). The lowest BCUT2D eigenvalue weighted by Crippen LogP contribution is -2.47. The van der Waals surface area contributed by atoms with E-state index in [0.717, 1.165) is 6.42 Å². The topological polar surface area (TPSA) is 41.1 Å². The van der Waals surface area contributed by atoms with Crippen molar-refractivity contribution in [2.45, 2.75) is 46.1 Å². The second kappa shape index (κ2) is 5.64. The fourth-order valence-electron chi connectivity index (χ4n) is 2.57. The monoisotopic (exact) mass is 230 g/mol. The summed E-state index contributed by atoms with van der Waals surface area (Å²) in [5, 5.41) is 3.00. The predicted octanol–water partition coefficient (Wildman–Crippen LogP) is 2.59. The molecular formula is C11H22N2OS. The van der Waals surface area contributed by atoms with Gasteiger partial charge in [-0.2, -0.15) is 0 Å². The van der Waals surface area contributed by atoms with E-state index in [1.165, 1.54) is 12.8 Å². The summed E-state index contributed by atoms with van der Waals surface area (Å²) in [5.41, 5.74) is 0. The molecule has 3 nitrogen and oxygen atoms in total. The van der Waals surface area contributed by atoms with Crippen molar-refractivity contribution in [3.05, 3.63) is 0 Å². The Hall–Kier alpha value is -0.380. The number of hydrogen-bond acceptors (Lipinski definition) is 2. The predicted molar refractivity (Wildman–Crippen MR) is 65.8 cm³/mol. The summed E-state index contributed by atoms with van der Waals surface area (Å²) in [6, 6.07) is 0.129. The summed E-state index contributed by atoms with van der Waals surface area (Å²) < 4.78 is 2.33. The van der Waals surface area contributed by atoms with Crippen molar-refractivity contribution >= 4 is 18.8 Å². The molecule has 0 saturated heterocycles. The minimum Gasteiger partial charge on any atom is -0.334 e. The molecule has 0 radical (unpaired) electrons. The van der Waals surface area contributed by atoms with Gasteiger partial charge in [0.1, 0.15) is 0 Å². The van der Waals surface area contributed by atoms with Gasteiger partial charge in [0.15, 0.2) is 0 Å². The smallest absolute Gasteiger partial charge is 0.324 e. The number of rotatable bonds is 2. The first-order valence-electron chi connectivity index (χ1n) is 5.75. The third kappa shape index (κ3) is 3.59. The molecular weight excluding hydrogens is 208 g/mol. The van der Waals surface area contributed by atoms with Gasteiger partial charge >= 0.3 is 6.03 Å². The van der Waals surface area contributed by atoms with Gasteiger partial charge < -0.3 is 5.32 Å². The fourth-order valence-corrected chi connectivity index (χ4v) is 2.63. The molecule has 0 bridgehead atoms. The highest BCUT2D eigenvalue weighted by Gasteiger charge is 2.31. The average molecular weight is 230 g/mol. The Bertz CT molecular complexity index is 221. The molecule has 1 rings (SSSR count). The van der Waals surface area contributed by atoms with Crippen molar-refractivity contribution in [3.63, 3.8) is 0 Å². The van der Waals surface area contributed by atoms with Gasteiger partial charge in [-0.15, -0.1) is 0 Å². The third-order valence-electron chi connectivity index (χ3n) is 3.44. The Morgan fingerprint density at radius 3 is 2.60 bits per heavy atom. The highest BCUT2D eigenvalue weighted by atomic mass is 32.1. The van der Waals surface area contributed by atoms with Crippen LogP contribution in [0, 0.1) is 17.8 Å². The number of thiol groups is 1. The first kappa shape index (κ1) is 12.7. The maximum Gasteiger partial charge on any atom is 0.324 e. The van der Waals surface area contributed by atoms with E-state index in [4.69, 9.17) is 0 Å². The van der Waals surface area contributed by atoms with Crippen molar-refractivity contribution < 1.29 is 4.79 Å². The largest absolute Gasteiger partial charge is 0.334 e. The quantitative estimate of drug-likeness (QED) is 0.627. The number of urea groups is 1. The molecule has 0 spiro atoms. The molecule has 0 aromatic rings. The van der Waals surface area contributed by atoms with Crippen LogP contribution in [0.25, 0.3) is 0 Å². The van der Waals surface area contributed by atoms with E-state index in [1.807, 2.05) is 0 Å². The zero-order valence-corrected chi connectivity index (χ0v) is 10.7. The van der Waals surface area contributed by atoms with Crippen molar-refractivity contribution in [2.24, 2.45) is 17.8 Å². The van der Waals surface area contributed by atoms with Crippen LogP contribution in [-0.2, 0) is 0 Å². The number of nitrogens with one attached hydrogen (secondary N) is 2. The van der Waals surface area contributed by atoms with E-state index in [-0.39, 0.29) is 6.03 Å². The maximum absolute atomic E-state index is 11.3. The number of carbonyl (C=O) groups excluding carboxylic acids is 1. The molecule has 3 atom stereocenters. The lowest BCUT2D eigenvalue weighted by Gasteiger charge is -2.37. The van der Waals surface area contributed by atoms with Crippen LogP contribution in [-0.4, -0.2) is 12.1 Å². The summed E-state index contributed by atoms with van der Waals surface area (Å²) >= 11 is 3.76. The number of amides is 2. The minimum absolute atomic E-state index is 0.178. The van der Waals surface area contributed by atoms with Crippen LogP contribution >= 0.6 is 12.8 Å². The zero-order valence-electron chi connectivity index (χ0n) is 9.79. The molecule has 4 heteroatoms. The van der Waals surface area contributed by atoms with Gasteiger partial charge in [0.25, 0.3) is 0 Å². The molecule has 0 heterocycles. The molecule has 1 saturated carbocycles. The Morgan fingerprint density at radius 2 is 2.07 bits per heavy atom. The van der Waals surface area contributed by atoms with E-state index in [1.54, 1.807) is 0 Å². The van der Waals surface area contributed by atoms with Crippen LogP contribution in [0.1, 0.15) is 40.0 Å². The molecule has 1 fully saturated rings. The molecule has 0 aromatic carbocycles. The van der Waals surface area contributed by atoms with Crippen LogP contribution in [0.5, 0.6) is 0 Å². The summed E-state index contributed by atoms with van der Waals surface area (Å²) in [4.78, 5) is 11.3. The zero-order chi connectivity index (χ0) is 11.4. The number of hydrogen-bond donors (Lipinski definition) is 3. The molecule has 1 aliphatic carbocycles. The van der Waals surface area contributed by atoms with Crippen molar-refractivity contribution in [1.82, 2.24) is 10.0 Å². The SMILES string of the molecule is CC1CCC(C(C)C)C(NC(=O)NS)C1. The molecule has 1 aliphatic rings. The molecule has 0 aliphatic heterocycles. The summed E-state index contributed by atoms with van der Waals surface area (Å²) in [5.74, 6) is 1.94. The van der Waals surface area contributed by atoms with Crippen LogP contribution in [0.15, 0.2) is 0 Å². The van der Waals surface area contributed by atoms with E-state index < -0.39 is 0 Å². The first-order valence-corrected chi connectivity index (χ1v) is 6.20. The first-order chi connectivity index (χ1) is 7.04. The Labute approximate surface area is 97.9 Å². The van der Waals surface area contributed by atoms with Crippen LogP contribution in [0.4, 0.5) is 4.79 Å². The van der Waals surface area contributed by atoms with Gasteiger partial charge in [-0.1, -0.05) is 40.0 Å². The highest BCUT2D eigenvalue weighted by Crippen LogP contribution is 2.33. The van der Waals surface area contributed by atoms with Gasteiger partial charge in [-0.05, 0) is 30.6 Å². The molecule has 0 aromatic heterocycles. The van der Waals surface area contributed by atoms with Gasteiger partial charge in [0, 0.05) is 6.04 Å². The van der Waals surface area contributed by atoms with Gasteiger partial charge in [0.05, 0.1) is 0 Å². The highest BCUT2D eigenvalue weighted by molar-refractivity contribution is 7.78. The van der Waals surface area contributed by atoms with Crippen molar-refractivity contribution in [2.75, 3.05) is 0 Å². The second-order valence-electron chi connectivity index (χ2n) is 5.02. The van der Waals surface area contributed by atoms with Crippen molar-refractivity contribution in [3.8, 4) is 0 Å². The molecule has 3 unspecified atom stereocenters. The van der Waals surface area contributed by atoms with Gasteiger partial charge in [-0.25, -0.2) is 4.79 Å². The summed E-state index contributed by atoms with van der Waals surface area (Å²) in [6.45, 7) is 6.71. The average Bonchev–Trinajstić information content (AvgIpc) is 2.17. The fraction of sp³-hybridized carbons (Fsp3) is 0.909. The van der Waals surface area contributed by atoms with Gasteiger partial charge in [-0.3, -0.25) is 4.72 Å². The van der Waals surface area contributed by atoms with Crippen LogP contribution in [0.2, 0.25) is 0 Å². The number of carbonyl (C=O) groups is 1. The normalized spacial score (nSPS) is 31.4. The van der Waals surface area contributed by atoms with E-state index >= 15 is 0 Å². The maximum atomic E-state index is 11.3.